The van der Waals surface area contributed by atoms with Crippen molar-refractivity contribution < 1.29 is 91.8 Å². The second kappa shape index (κ2) is 24.6. The van der Waals surface area contributed by atoms with E-state index in [0.717, 1.165) is 4.90 Å². The Labute approximate surface area is 428 Å². The molecular formula is C48H84N6O19. The number of carbonyl (C=O) groups is 6. The summed E-state index contributed by atoms with van der Waals surface area (Å²) in [5, 5.41) is 60.2. The smallest absolute Gasteiger partial charge is 0.410 e. The maximum absolute atomic E-state index is 13.8. The number of likely N-dealkylation sites (N-methyl/N-ethyl adjacent to an activating group) is 1. The van der Waals surface area contributed by atoms with E-state index in [9.17, 15) is 49.2 Å². The first-order chi connectivity index (χ1) is 33.1. The highest BCUT2D eigenvalue weighted by Gasteiger charge is 2.55. The van der Waals surface area contributed by atoms with Crippen molar-refractivity contribution in [2.24, 2.45) is 0 Å². The van der Waals surface area contributed by atoms with E-state index in [0.29, 0.717) is 0 Å². The summed E-state index contributed by atoms with van der Waals surface area (Å²) in [5.41, 5.74) is -6.47. The van der Waals surface area contributed by atoms with E-state index < -0.39 is 144 Å². The van der Waals surface area contributed by atoms with Crippen LogP contribution in [0.2, 0.25) is 0 Å². The molecule has 1 aliphatic carbocycles. The summed E-state index contributed by atoms with van der Waals surface area (Å²) in [5.74, 6) is -0.855. The molecule has 0 spiro atoms. The van der Waals surface area contributed by atoms with Gasteiger partial charge >= 0.3 is 30.5 Å². The Hall–Kier alpha value is -4.92. The molecule has 0 aromatic carbocycles. The van der Waals surface area contributed by atoms with Gasteiger partial charge in [0.1, 0.15) is 69.9 Å². The first-order valence-corrected chi connectivity index (χ1v) is 24.4. The maximum atomic E-state index is 13.8. The van der Waals surface area contributed by atoms with E-state index in [2.05, 4.69) is 26.6 Å². The fraction of sp³-hybridized carbons (Fsp3) is 0.833. The number of rotatable bonds is 14. The van der Waals surface area contributed by atoms with E-state index in [-0.39, 0.29) is 38.1 Å². The van der Waals surface area contributed by atoms with Crippen LogP contribution in [0.25, 0.3) is 0 Å². The van der Waals surface area contributed by atoms with Crippen molar-refractivity contribution in [2.75, 3.05) is 26.7 Å². The van der Waals surface area contributed by atoms with Crippen LogP contribution in [0.1, 0.15) is 130 Å². The lowest BCUT2D eigenvalue weighted by Crippen LogP contribution is -2.71. The van der Waals surface area contributed by atoms with Gasteiger partial charge in [0.15, 0.2) is 6.29 Å². The van der Waals surface area contributed by atoms with Gasteiger partial charge in [-0.05, 0) is 136 Å². The van der Waals surface area contributed by atoms with Gasteiger partial charge in [-0.15, -0.1) is 0 Å². The molecule has 420 valence electrons. The third-order valence-electron chi connectivity index (χ3n) is 10.6. The first kappa shape index (κ1) is 62.4. The molecule has 0 bridgehead atoms. The molecule has 0 unspecified atom stereocenters. The van der Waals surface area contributed by atoms with Crippen molar-refractivity contribution in [3.63, 3.8) is 0 Å². The topological polar surface area (TPSA) is 330 Å². The summed E-state index contributed by atoms with van der Waals surface area (Å²) in [6, 6.07) is -5.19. The average Bonchev–Trinajstić information content (AvgIpc) is 3.17. The van der Waals surface area contributed by atoms with Crippen LogP contribution in [0.4, 0.5) is 24.0 Å². The molecule has 3 rings (SSSR count). The van der Waals surface area contributed by atoms with Crippen molar-refractivity contribution in [3.8, 4) is 0 Å². The third kappa shape index (κ3) is 21.1. The van der Waals surface area contributed by atoms with Crippen molar-refractivity contribution in [3.05, 3.63) is 11.8 Å². The predicted molar refractivity (Wildman–Crippen MR) is 259 cm³/mol. The first-order valence-electron chi connectivity index (χ1n) is 24.4. The number of hydrogen-bond acceptors (Lipinski definition) is 19. The van der Waals surface area contributed by atoms with E-state index in [1.54, 1.807) is 110 Å². The van der Waals surface area contributed by atoms with Gasteiger partial charge in [-0.2, -0.15) is 0 Å². The summed E-state index contributed by atoms with van der Waals surface area (Å²) in [6.45, 7) is 25.1. The average molecular weight is 1050 g/mol. The monoisotopic (exact) mass is 1050 g/mol. The number of amides is 6. The minimum atomic E-state index is -1.95. The number of aliphatic hydroxyl groups excluding tert-OH is 3. The number of nitrogens with one attached hydrogen (secondary N) is 5. The molecule has 0 aromatic rings. The fourth-order valence-corrected chi connectivity index (χ4v) is 7.75. The van der Waals surface area contributed by atoms with Crippen molar-refractivity contribution in [1.29, 1.82) is 0 Å². The van der Waals surface area contributed by atoms with Crippen LogP contribution in [0, 0.1) is 0 Å². The van der Waals surface area contributed by atoms with Gasteiger partial charge in [0.25, 0.3) is 0 Å². The zero-order chi connectivity index (χ0) is 55.8. The number of alkyl carbamates (subject to hydrolysis) is 4. The summed E-state index contributed by atoms with van der Waals surface area (Å²) in [4.78, 5) is 80.0. The largest absolute Gasteiger partial charge is 0.465 e. The van der Waals surface area contributed by atoms with Crippen molar-refractivity contribution >= 4 is 36.4 Å². The number of ether oxygens (including phenoxy) is 9. The molecule has 2 heterocycles. The van der Waals surface area contributed by atoms with E-state index in [4.69, 9.17) is 42.6 Å². The van der Waals surface area contributed by atoms with Crippen LogP contribution in [-0.2, 0) is 47.4 Å². The normalized spacial score (nSPS) is 28.4. The molecule has 25 heteroatoms. The standard InChI is InChI=1S/C48H84N6O19/c1-43(2,3)69-38(59)49-21-20-29(55)35(58)51-27-22-28(53-41(62)72-46(10,11)12)33(30(56)32(27)68-37-31(57)34(48(16,64)24-65-37)54(17)42(63)73-47(13,14)15)67-36-26(52-40(61)71-45(7,8)9)19-18-25(66-36)23-50-39(60)70-44(4,5)6/h18,26-34,36-37,55-57,64H,19-24H2,1-17H3,(H,49,59)(H,50,60)(H,51,58)(H,52,61)(H,53,62)/t26-,27-,28+,29+,30-,31-,32+,33-,34-,36-,37-,48+/m1/s1. The van der Waals surface area contributed by atoms with Gasteiger partial charge in [0.2, 0.25) is 12.2 Å². The molecule has 1 saturated carbocycles. The zero-order valence-electron chi connectivity index (χ0n) is 45.5. The number of carbonyl (C=O) groups excluding carboxylic acids is 6. The van der Waals surface area contributed by atoms with Gasteiger partial charge in [0.05, 0.1) is 37.3 Å². The predicted octanol–water partition coefficient (Wildman–Crippen LogP) is 2.93. The zero-order valence-corrected chi connectivity index (χ0v) is 45.5. The minimum absolute atomic E-state index is 0.0239. The summed E-state index contributed by atoms with van der Waals surface area (Å²) >= 11 is 0. The number of aliphatic hydroxyl groups is 4. The highest BCUT2D eigenvalue weighted by Crippen LogP contribution is 2.35. The van der Waals surface area contributed by atoms with Crippen molar-refractivity contribution in [1.82, 2.24) is 31.5 Å². The Balaban J connectivity index is 2.13. The molecule has 73 heavy (non-hydrogen) atoms. The van der Waals surface area contributed by atoms with Crippen LogP contribution in [0.3, 0.4) is 0 Å². The van der Waals surface area contributed by atoms with Crippen LogP contribution in [0.5, 0.6) is 0 Å². The van der Waals surface area contributed by atoms with Gasteiger partial charge < -0.3 is 94.5 Å². The molecule has 6 amide bonds. The molecular weight excluding hydrogens is 965 g/mol. The fourth-order valence-electron chi connectivity index (χ4n) is 7.75. The Kier molecular flexibility index (Phi) is 21.0. The van der Waals surface area contributed by atoms with E-state index in [1.807, 2.05) is 0 Å². The molecule has 3 aliphatic rings. The molecule has 1 saturated heterocycles. The lowest BCUT2D eigenvalue weighted by atomic mass is 9.82. The summed E-state index contributed by atoms with van der Waals surface area (Å²) in [6.07, 6.45) is -15.5. The Bertz CT molecular complexity index is 1930. The third-order valence-corrected chi connectivity index (χ3v) is 10.6. The van der Waals surface area contributed by atoms with Gasteiger partial charge in [0, 0.05) is 13.6 Å². The lowest BCUT2D eigenvalue weighted by Gasteiger charge is -2.50. The van der Waals surface area contributed by atoms with Gasteiger partial charge in [-0.3, -0.25) is 4.79 Å². The van der Waals surface area contributed by atoms with Crippen LogP contribution in [0.15, 0.2) is 11.8 Å². The lowest BCUT2D eigenvalue weighted by molar-refractivity contribution is -0.311. The quantitative estimate of drug-likeness (QED) is 0.113. The van der Waals surface area contributed by atoms with Crippen LogP contribution < -0.4 is 26.6 Å². The van der Waals surface area contributed by atoms with Crippen LogP contribution in [-0.4, -0.2) is 189 Å². The van der Waals surface area contributed by atoms with Gasteiger partial charge in [-0.25, -0.2) is 24.0 Å². The molecule has 0 aromatic heterocycles. The van der Waals surface area contributed by atoms with Crippen molar-refractivity contribution in [2.45, 2.75) is 231 Å². The van der Waals surface area contributed by atoms with E-state index >= 15 is 0 Å². The van der Waals surface area contributed by atoms with E-state index in [1.165, 1.54) is 14.0 Å². The maximum Gasteiger partial charge on any atom is 0.410 e. The van der Waals surface area contributed by atoms with Crippen LogP contribution >= 0.6 is 0 Å². The molecule has 9 N–H and O–H groups in total. The SMILES string of the molecule is CN(C(=O)OC(C)(C)C)[C@@H]1[C@@H](O)[C@@H](O[C@@H]2[C@@H](O)[C@H](O[C@H]3OC(CNC(=O)OC(C)(C)C)=CC[C@H]3NC(=O)OC(C)(C)C)[C@@H](NC(=O)OC(C)(C)C)C[C@H]2NC(=O)[C@@H](O)CCNC(=O)OC(C)(C)C)OC[C@]1(C)O. The van der Waals surface area contributed by atoms with Gasteiger partial charge in [-0.1, -0.05) is 0 Å². The highest BCUT2D eigenvalue weighted by molar-refractivity contribution is 5.81. The number of nitrogens with zero attached hydrogens (tertiary/aromatic N) is 1. The summed E-state index contributed by atoms with van der Waals surface area (Å²) < 4.78 is 52.3. The Morgan fingerprint density at radius 1 is 0.671 bits per heavy atom. The summed E-state index contributed by atoms with van der Waals surface area (Å²) in [7, 11) is 1.30. The minimum Gasteiger partial charge on any atom is -0.465 e. The second-order valence-corrected chi connectivity index (χ2v) is 23.6. The highest BCUT2D eigenvalue weighted by atomic mass is 16.7. The Morgan fingerprint density at radius 3 is 1.63 bits per heavy atom. The molecule has 25 nitrogen and oxygen atoms in total. The molecule has 2 aliphatic heterocycles. The second-order valence-electron chi connectivity index (χ2n) is 23.6. The molecule has 2 fully saturated rings. The Morgan fingerprint density at radius 2 is 1.12 bits per heavy atom. The molecule has 0 radical (unpaired) electrons. The number of hydrogen-bond donors (Lipinski definition) is 9. The molecule has 12 atom stereocenters.